The lowest BCUT2D eigenvalue weighted by atomic mass is 9.66. The highest BCUT2D eigenvalue weighted by Gasteiger charge is 2.36. The minimum absolute atomic E-state index is 0.165. The lowest BCUT2D eigenvalue weighted by molar-refractivity contribution is 0.0213. The zero-order valence-electron chi connectivity index (χ0n) is 12.6. The number of hydrogen-bond donors (Lipinski definition) is 1. The van der Waals surface area contributed by atoms with Gasteiger partial charge in [-0.15, -0.1) is 0 Å². The van der Waals surface area contributed by atoms with Crippen molar-refractivity contribution in [3.8, 4) is 0 Å². The first kappa shape index (κ1) is 14.6. The Kier molecular flexibility index (Phi) is 4.34. The first-order chi connectivity index (χ1) is 10.2. The molecule has 0 bridgehead atoms. The maximum Gasteiger partial charge on any atom is 0.373 e. The van der Waals surface area contributed by atoms with Crippen LogP contribution >= 0.6 is 0 Å². The Morgan fingerprint density at radius 2 is 2.00 bits per heavy atom. The molecular formula is C17H24O4. The number of rotatable bonds is 3. The van der Waals surface area contributed by atoms with Gasteiger partial charge in [0.1, 0.15) is 11.9 Å². The van der Waals surface area contributed by atoms with Crippen molar-refractivity contribution in [2.75, 3.05) is 7.11 Å². The number of fused-ring (bicyclic) bond motifs is 1. The summed E-state index contributed by atoms with van der Waals surface area (Å²) in [6, 6.07) is 3.28. The Labute approximate surface area is 125 Å². The molecule has 0 amide bonds. The number of carbonyl (C=O) groups is 1. The third-order valence-corrected chi connectivity index (χ3v) is 5.33. The monoisotopic (exact) mass is 292 g/mol. The molecule has 2 aliphatic rings. The second kappa shape index (κ2) is 6.22. The molecule has 4 atom stereocenters. The van der Waals surface area contributed by atoms with Gasteiger partial charge in [-0.2, -0.15) is 0 Å². The predicted octanol–water partition coefficient (Wildman–Crippen LogP) is 3.71. The van der Waals surface area contributed by atoms with E-state index < -0.39 is 12.1 Å². The normalized spacial score (nSPS) is 30.5. The highest BCUT2D eigenvalue weighted by molar-refractivity contribution is 5.86. The van der Waals surface area contributed by atoms with Gasteiger partial charge in [-0.25, -0.2) is 4.79 Å². The third kappa shape index (κ3) is 3.00. The van der Waals surface area contributed by atoms with Crippen LogP contribution in [0.4, 0.5) is 0 Å². The zero-order valence-corrected chi connectivity index (χ0v) is 12.6. The van der Waals surface area contributed by atoms with Crippen LogP contribution in [0.1, 0.15) is 67.4 Å². The first-order valence-corrected chi connectivity index (χ1v) is 8.05. The highest BCUT2D eigenvalue weighted by Crippen LogP contribution is 2.46. The number of carbonyl (C=O) groups excluding carboxylic acids is 1. The van der Waals surface area contributed by atoms with Crippen molar-refractivity contribution in [3.63, 3.8) is 0 Å². The SMILES string of the molecule is COC(=O)c1ccc(C(O)C2CCC3CCCCC3C2)o1. The summed E-state index contributed by atoms with van der Waals surface area (Å²) in [6.07, 6.45) is 8.12. The van der Waals surface area contributed by atoms with Gasteiger partial charge >= 0.3 is 5.97 Å². The average Bonchev–Trinajstić information content (AvgIpc) is 3.03. The second-order valence-electron chi connectivity index (χ2n) is 6.52. The number of esters is 1. The Bertz CT molecular complexity index is 493. The van der Waals surface area contributed by atoms with E-state index in [0.29, 0.717) is 5.76 Å². The highest BCUT2D eigenvalue weighted by atomic mass is 16.5. The van der Waals surface area contributed by atoms with Crippen molar-refractivity contribution < 1.29 is 19.1 Å². The van der Waals surface area contributed by atoms with Gasteiger partial charge in [0, 0.05) is 0 Å². The summed E-state index contributed by atoms with van der Waals surface area (Å²) in [5.74, 6) is 2.05. The molecule has 1 N–H and O–H groups in total. The molecule has 0 aromatic carbocycles. The first-order valence-electron chi connectivity index (χ1n) is 8.05. The van der Waals surface area contributed by atoms with Gasteiger partial charge in [-0.1, -0.05) is 25.7 Å². The van der Waals surface area contributed by atoms with E-state index >= 15 is 0 Å². The van der Waals surface area contributed by atoms with Gasteiger partial charge in [0.15, 0.2) is 0 Å². The van der Waals surface area contributed by atoms with Crippen LogP contribution in [0.3, 0.4) is 0 Å². The van der Waals surface area contributed by atoms with Crippen LogP contribution in [-0.4, -0.2) is 18.2 Å². The second-order valence-corrected chi connectivity index (χ2v) is 6.52. The number of aliphatic hydroxyl groups excluding tert-OH is 1. The van der Waals surface area contributed by atoms with E-state index in [9.17, 15) is 9.90 Å². The summed E-state index contributed by atoms with van der Waals surface area (Å²) in [6.45, 7) is 0. The van der Waals surface area contributed by atoms with Crippen LogP contribution in [-0.2, 0) is 4.74 Å². The molecule has 4 unspecified atom stereocenters. The van der Waals surface area contributed by atoms with Crippen molar-refractivity contribution in [1.82, 2.24) is 0 Å². The molecule has 3 rings (SSSR count). The number of ether oxygens (including phenoxy) is 1. The van der Waals surface area contributed by atoms with Gasteiger partial charge in [-0.05, 0) is 49.1 Å². The summed E-state index contributed by atoms with van der Waals surface area (Å²) in [5.41, 5.74) is 0. The van der Waals surface area contributed by atoms with E-state index in [-0.39, 0.29) is 11.7 Å². The quantitative estimate of drug-likeness (QED) is 0.863. The maximum atomic E-state index is 11.4. The summed E-state index contributed by atoms with van der Waals surface area (Å²) in [4.78, 5) is 11.4. The van der Waals surface area contributed by atoms with Crippen LogP contribution in [0.25, 0.3) is 0 Å². The molecule has 0 aliphatic heterocycles. The van der Waals surface area contributed by atoms with Gasteiger partial charge < -0.3 is 14.3 Å². The van der Waals surface area contributed by atoms with Crippen molar-refractivity contribution in [2.24, 2.45) is 17.8 Å². The Balaban J connectivity index is 1.66. The molecule has 21 heavy (non-hydrogen) atoms. The van der Waals surface area contributed by atoms with E-state index in [0.717, 1.165) is 24.7 Å². The zero-order chi connectivity index (χ0) is 14.8. The molecule has 0 radical (unpaired) electrons. The van der Waals surface area contributed by atoms with E-state index in [4.69, 9.17) is 4.42 Å². The largest absolute Gasteiger partial charge is 0.463 e. The molecule has 2 fully saturated rings. The van der Waals surface area contributed by atoms with Crippen molar-refractivity contribution >= 4 is 5.97 Å². The fourth-order valence-corrected chi connectivity index (χ4v) is 4.15. The minimum Gasteiger partial charge on any atom is -0.463 e. The molecule has 1 aromatic heterocycles. The molecule has 2 aliphatic carbocycles. The van der Waals surface area contributed by atoms with Gasteiger partial charge in [0.25, 0.3) is 0 Å². The lowest BCUT2D eigenvalue weighted by Crippen LogP contribution is -2.30. The molecule has 1 aromatic rings. The standard InChI is InChI=1S/C17H24O4/c1-20-17(19)15-9-8-14(21-15)16(18)13-7-6-11-4-2-3-5-12(11)10-13/h8-9,11-13,16,18H,2-7,10H2,1H3. The maximum absolute atomic E-state index is 11.4. The fraction of sp³-hybridized carbons (Fsp3) is 0.706. The molecule has 2 saturated carbocycles. The van der Waals surface area contributed by atoms with E-state index in [1.807, 2.05) is 0 Å². The molecular weight excluding hydrogens is 268 g/mol. The summed E-state index contributed by atoms with van der Waals surface area (Å²) in [7, 11) is 1.32. The molecule has 116 valence electrons. The van der Waals surface area contributed by atoms with Gasteiger partial charge in [-0.3, -0.25) is 0 Å². The fourth-order valence-electron chi connectivity index (χ4n) is 4.15. The minimum atomic E-state index is -0.605. The third-order valence-electron chi connectivity index (χ3n) is 5.33. The van der Waals surface area contributed by atoms with Crippen LogP contribution < -0.4 is 0 Å². The van der Waals surface area contributed by atoms with E-state index in [2.05, 4.69) is 4.74 Å². The summed E-state index contributed by atoms with van der Waals surface area (Å²) < 4.78 is 10.1. The molecule has 4 heteroatoms. The molecule has 4 nitrogen and oxygen atoms in total. The number of furan rings is 1. The average molecular weight is 292 g/mol. The van der Waals surface area contributed by atoms with Gasteiger partial charge in [0.05, 0.1) is 7.11 Å². The Morgan fingerprint density at radius 3 is 2.76 bits per heavy atom. The topological polar surface area (TPSA) is 59.7 Å². The Morgan fingerprint density at radius 1 is 1.24 bits per heavy atom. The molecule has 0 saturated heterocycles. The van der Waals surface area contributed by atoms with Crippen molar-refractivity contribution in [3.05, 3.63) is 23.7 Å². The van der Waals surface area contributed by atoms with E-state index in [1.165, 1.54) is 39.2 Å². The van der Waals surface area contributed by atoms with Crippen molar-refractivity contribution in [2.45, 2.75) is 51.0 Å². The predicted molar refractivity (Wildman–Crippen MR) is 77.8 cm³/mol. The molecule has 0 spiro atoms. The van der Waals surface area contributed by atoms with E-state index in [1.54, 1.807) is 12.1 Å². The number of methoxy groups -OCH3 is 1. The summed E-state index contributed by atoms with van der Waals surface area (Å²) in [5, 5.41) is 10.6. The Hall–Kier alpha value is -1.29. The lowest BCUT2D eigenvalue weighted by Gasteiger charge is -2.40. The van der Waals surface area contributed by atoms with Gasteiger partial charge in [0.2, 0.25) is 5.76 Å². The summed E-state index contributed by atoms with van der Waals surface area (Å²) >= 11 is 0. The van der Waals surface area contributed by atoms with Crippen molar-refractivity contribution in [1.29, 1.82) is 0 Å². The van der Waals surface area contributed by atoms with Crippen LogP contribution in [0.2, 0.25) is 0 Å². The van der Waals surface area contributed by atoms with Crippen LogP contribution in [0.5, 0.6) is 0 Å². The van der Waals surface area contributed by atoms with Crippen LogP contribution in [0.15, 0.2) is 16.5 Å². The van der Waals surface area contributed by atoms with Crippen LogP contribution in [0, 0.1) is 17.8 Å². The number of hydrogen-bond acceptors (Lipinski definition) is 4. The molecule has 1 heterocycles. The smallest absolute Gasteiger partial charge is 0.373 e. The number of aliphatic hydroxyl groups is 1.